The third-order valence-corrected chi connectivity index (χ3v) is 4.38. The van der Waals surface area contributed by atoms with Crippen LogP contribution in [0.15, 0.2) is 30.5 Å². The van der Waals surface area contributed by atoms with Gasteiger partial charge in [-0.05, 0) is 37.7 Å². The van der Waals surface area contributed by atoms with Gasteiger partial charge in [-0.15, -0.1) is 5.10 Å². The lowest BCUT2D eigenvalue weighted by atomic mass is 10.2. The molecule has 1 saturated heterocycles. The number of hydrogen-bond donors (Lipinski definition) is 2. The van der Waals surface area contributed by atoms with Crippen molar-refractivity contribution in [1.29, 1.82) is 0 Å². The molecular weight excluding hydrogens is 330 g/mol. The van der Waals surface area contributed by atoms with Gasteiger partial charge in [0, 0.05) is 57.8 Å². The predicted molar refractivity (Wildman–Crippen MR) is 104 cm³/mol. The molecule has 26 heavy (non-hydrogen) atoms. The molecule has 1 aromatic heterocycles. The van der Waals surface area contributed by atoms with Crippen molar-refractivity contribution in [2.75, 3.05) is 69.0 Å². The molecule has 2 heterocycles. The van der Waals surface area contributed by atoms with Crippen LogP contribution < -0.4 is 15.5 Å². The van der Waals surface area contributed by atoms with Gasteiger partial charge >= 0.3 is 0 Å². The Bertz CT molecular complexity index is 671. The maximum atomic E-state index is 5.03. The minimum absolute atomic E-state index is 0.514. The molecule has 2 aromatic rings. The van der Waals surface area contributed by atoms with Crippen LogP contribution in [0.5, 0.6) is 0 Å². The first-order chi connectivity index (χ1) is 12.7. The van der Waals surface area contributed by atoms with Gasteiger partial charge in [-0.25, -0.2) is 0 Å². The molecule has 8 nitrogen and oxygen atoms in total. The Hall–Kier alpha value is -2.45. The molecule has 1 aliphatic heterocycles. The fourth-order valence-corrected chi connectivity index (χ4v) is 2.82. The van der Waals surface area contributed by atoms with Gasteiger partial charge in [-0.2, -0.15) is 10.1 Å². The van der Waals surface area contributed by atoms with Crippen molar-refractivity contribution in [1.82, 2.24) is 20.1 Å². The number of piperazine rings is 1. The quantitative estimate of drug-likeness (QED) is 0.693. The van der Waals surface area contributed by atoms with Gasteiger partial charge in [0.25, 0.3) is 0 Å². The fourth-order valence-electron chi connectivity index (χ4n) is 2.82. The summed E-state index contributed by atoms with van der Waals surface area (Å²) in [7, 11) is 3.86. The first-order valence-corrected chi connectivity index (χ1v) is 8.98. The minimum Gasteiger partial charge on any atom is -0.385 e. The monoisotopic (exact) mass is 357 g/mol. The standard InChI is InChI=1S/C18H27N7O/c1-24-9-11-25(12-10-24)16-6-4-15(5-7-16)21-17-14-20-23-18(22-17)19-8-3-13-26-2/h4-7,14H,3,8-13H2,1-2H3,(H2,19,21,22,23). The van der Waals surface area contributed by atoms with E-state index in [9.17, 15) is 0 Å². The fraction of sp³-hybridized carbons (Fsp3) is 0.500. The second-order valence-electron chi connectivity index (χ2n) is 6.40. The zero-order valence-electron chi connectivity index (χ0n) is 15.5. The summed E-state index contributed by atoms with van der Waals surface area (Å²) in [6.45, 7) is 5.80. The van der Waals surface area contributed by atoms with Crippen LogP contribution in [0.4, 0.5) is 23.1 Å². The highest BCUT2D eigenvalue weighted by atomic mass is 16.5. The molecule has 0 saturated carbocycles. The summed E-state index contributed by atoms with van der Waals surface area (Å²) in [5.74, 6) is 1.18. The zero-order valence-corrected chi connectivity index (χ0v) is 15.5. The predicted octanol–water partition coefficient (Wildman–Crippen LogP) is 1.82. The number of anilines is 4. The van der Waals surface area contributed by atoms with Crippen molar-refractivity contribution >= 4 is 23.1 Å². The second kappa shape index (κ2) is 9.30. The molecule has 1 aliphatic rings. The lowest BCUT2D eigenvalue weighted by Crippen LogP contribution is -2.44. The smallest absolute Gasteiger partial charge is 0.244 e. The van der Waals surface area contributed by atoms with E-state index in [0.717, 1.165) is 44.8 Å². The molecule has 8 heteroatoms. The summed E-state index contributed by atoms with van der Waals surface area (Å²) in [5.41, 5.74) is 2.23. The molecule has 1 aromatic carbocycles. The Morgan fingerprint density at radius 2 is 1.88 bits per heavy atom. The summed E-state index contributed by atoms with van der Waals surface area (Å²) >= 11 is 0. The van der Waals surface area contributed by atoms with Crippen LogP contribution in [-0.4, -0.2) is 73.6 Å². The molecule has 0 radical (unpaired) electrons. The molecule has 0 atom stereocenters. The number of likely N-dealkylation sites (N-methyl/N-ethyl adjacent to an activating group) is 1. The van der Waals surface area contributed by atoms with Crippen LogP contribution in [0.2, 0.25) is 0 Å². The van der Waals surface area contributed by atoms with E-state index in [0.29, 0.717) is 18.4 Å². The van der Waals surface area contributed by atoms with E-state index < -0.39 is 0 Å². The van der Waals surface area contributed by atoms with Crippen LogP contribution in [0.25, 0.3) is 0 Å². The Kier molecular flexibility index (Phi) is 6.56. The minimum atomic E-state index is 0.514. The van der Waals surface area contributed by atoms with Crippen molar-refractivity contribution in [2.45, 2.75) is 6.42 Å². The van der Waals surface area contributed by atoms with Crippen molar-refractivity contribution in [3.8, 4) is 0 Å². The highest BCUT2D eigenvalue weighted by Gasteiger charge is 2.14. The first-order valence-electron chi connectivity index (χ1n) is 8.98. The highest BCUT2D eigenvalue weighted by Crippen LogP contribution is 2.21. The van der Waals surface area contributed by atoms with Crippen molar-refractivity contribution in [3.63, 3.8) is 0 Å². The lowest BCUT2D eigenvalue weighted by Gasteiger charge is -2.34. The zero-order chi connectivity index (χ0) is 18.2. The van der Waals surface area contributed by atoms with Gasteiger partial charge in [0.15, 0.2) is 5.82 Å². The van der Waals surface area contributed by atoms with Gasteiger partial charge in [0.1, 0.15) is 0 Å². The third-order valence-electron chi connectivity index (χ3n) is 4.38. The largest absolute Gasteiger partial charge is 0.385 e. The van der Waals surface area contributed by atoms with E-state index in [-0.39, 0.29) is 0 Å². The molecule has 0 unspecified atom stereocenters. The number of nitrogens with one attached hydrogen (secondary N) is 2. The van der Waals surface area contributed by atoms with E-state index in [1.54, 1.807) is 13.3 Å². The SMILES string of the molecule is COCCCNc1nncc(Nc2ccc(N3CCN(C)CC3)cc2)n1. The molecular formula is C18H27N7O. The summed E-state index contributed by atoms with van der Waals surface area (Å²) < 4.78 is 5.03. The van der Waals surface area contributed by atoms with E-state index in [4.69, 9.17) is 4.74 Å². The number of hydrogen-bond acceptors (Lipinski definition) is 8. The molecule has 140 valence electrons. The highest BCUT2D eigenvalue weighted by molar-refractivity contribution is 5.61. The van der Waals surface area contributed by atoms with Gasteiger partial charge in [0.05, 0.1) is 6.20 Å². The number of rotatable bonds is 8. The van der Waals surface area contributed by atoms with E-state index in [2.05, 4.69) is 66.9 Å². The van der Waals surface area contributed by atoms with Gasteiger partial charge < -0.3 is 25.2 Å². The average molecular weight is 357 g/mol. The number of benzene rings is 1. The summed E-state index contributed by atoms with van der Waals surface area (Å²) in [4.78, 5) is 9.21. The Balaban J connectivity index is 1.55. The second-order valence-corrected chi connectivity index (χ2v) is 6.40. The van der Waals surface area contributed by atoms with Crippen LogP contribution in [-0.2, 0) is 4.74 Å². The summed E-state index contributed by atoms with van der Waals surface area (Å²) in [6, 6.07) is 8.43. The Morgan fingerprint density at radius 1 is 1.12 bits per heavy atom. The molecule has 3 rings (SSSR count). The number of ether oxygens (including phenoxy) is 1. The first kappa shape index (κ1) is 18.3. The van der Waals surface area contributed by atoms with Crippen LogP contribution in [0, 0.1) is 0 Å². The van der Waals surface area contributed by atoms with Crippen molar-refractivity contribution in [2.24, 2.45) is 0 Å². The van der Waals surface area contributed by atoms with Gasteiger partial charge in [0.2, 0.25) is 5.95 Å². The van der Waals surface area contributed by atoms with E-state index in [1.807, 2.05) is 0 Å². The van der Waals surface area contributed by atoms with Gasteiger partial charge in [-0.3, -0.25) is 0 Å². The van der Waals surface area contributed by atoms with Crippen molar-refractivity contribution in [3.05, 3.63) is 30.5 Å². The number of nitrogens with zero attached hydrogens (tertiary/aromatic N) is 5. The summed E-state index contributed by atoms with van der Waals surface area (Å²) in [5, 5.41) is 14.4. The Morgan fingerprint density at radius 3 is 2.62 bits per heavy atom. The summed E-state index contributed by atoms with van der Waals surface area (Å²) in [6.07, 6.45) is 2.51. The third kappa shape index (κ3) is 5.27. The average Bonchev–Trinajstić information content (AvgIpc) is 2.67. The lowest BCUT2D eigenvalue weighted by molar-refractivity contribution is 0.197. The van der Waals surface area contributed by atoms with Gasteiger partial charge in [-0.1, -0.05) is 0 Å². The maximum absolute atomic E-state index is 5.03. The molecule has 2 N–H and O–H groups in total. The molecule has 0 bridgehead atoms. The molecule has 1 fully saturated rings. The normalized spacial score (nSPS) is 15.1. The number of aromatic nitrogens is 3. The molecule has 0 aliphatic carbocycles. The van der Waals surface area contributed by atoms with Crippen LogP contribution in [0.3, 0.4) is 0 Å². The molecule has 0 spiro atoms. The Labute approximate surface area is 154 Å². The van der Waals surface area contributed by atoms with Crippen LogP contribution in [0.1, 0.15) is 6.42 Å². The molecule has 0 amide bonds. The van der Waals surface area contributed by atoms with Crippen LogP contribution >= 0.6 is 0 Å². The van der Waals surface area contributed by atoms with E-state index in [1.165, 1.54) is 5.69 Å². The van der Waals surface area contributed by atoms with E-state index >= 15 is 0 Å². The maximum Gasteiger partial charge on any atom is 0.244 e. The van der Waals surface area contributed by atoms with Crippen molar-refractivity contribution < 1.29 is 4.74 Å². The number of methoxy groups -OCH3 is 1. The topological polar surface area (TPSA) is 78.4 Å².